The van der Waals surface area contributed by atoms with Crippen LogP contribution in [0.3, 0.4) is 0 Å². The minimum absolute atomic E-state index is 0.101. The first-order valence-electron chi connectivity index (χ1n) is 7.72. The van der Waals surface area contributed by atoms with Crippen LogP contribution in [-0.4, -0.2) is 25.7 Å². The van der Waals surface area contributed by atoms with Crippen molar-refractivity contribution in [1.29, 1.82) is 0 Å². The second kappa shape index (κ2) is 8.61. The van der Waals surface area contributed by atoms with Crippen molar-refractivity contribution in [2.24, 2.45) is 0 Å². The third-order valence-electron chi connectivity index (χ3n) is 4.16. The lowest BCUT2D eigenvalue weighted by Gasteiger charge is -2.33. The molecule has 0 aliphatic rings. The van der Waals surface area contributed by atoms with Gasteiger partial charge in [0.15, 0.2) is 8.32 Å². The van der Waals surface area contributed by atoms with E-state index in [1.807, 2.05) is 19.2 Å². The molecular formula is C16H27NO2SSi. The molecule has 1 heterocycles. The van der Waals surface area contributed by atoms with Crippen LogP contribution in [0.4, 0.5) is 0 Å². The number of rotatable bonds is 9. The van der Waals surface area contributed by atoms with E-state index < -0.39 is 8.32 Å². The molecule has 1 aromatic rings. The van der Waals surface area contributed by atoms with E-state index in [1.54, 1.807) is 11.3 Å². The number of carbonyl (C=O) groups is 1. The second-order valence-electron chi connectivity index (χ2n) is 5.43. The number of carbonyl (C=O) groups excluding carboxylic acids is 1. The van der Waals surface area contributed by atoms with Crippen LogP contribution in [0.15, 0.2) is 11.0 Å². The monoisotopic (exact) mass is 325 g/mol. The van der Waals surface area contributed by atoms with Gasteiger partial charge in [-0.05, 0) is 43.6 Å². The van der Waals surface area contributed by atoms with E-state index in [4.69, 9.17) is 4.43 Å². The molecule has 0 saturated heterocycles. The number of hydrogen-bond acceptors (Lipinski definition) is 4. The Bertz CT molecular complexity index is 472. The van der Waals surface area contributed by atoms with Gasteiger partial charge in [-0.25, -0.2) is 4.98 Å². The van der Waals surface area contributed by atoms with Crippen LogP contribution >= 0.6 is 11.3 Å². The van der Waals surface area contributed by atoms with Gasteiger partial charge < -0.3 is 9.22 Å². The zero-order chi connectivity index (χ0) is 15.9. The molecule has 1 atom stereocenters. The third-order valence-corrected chi connectivity index (χ3v) is 9.60. The van der Waals surface area contributed by atoms with Crippen LogP contribution in [0.5, 0.6) is 0 Å². The molecule has 0 spiro atoms. The highest BCUT2D eigenvalue weighted by molar-refractivity contribution is 7.09. The van der Waals surface area contributed by atoms with Crippen LogP contribution < -0.4 is 0 Å². The first kappa shape index (κ1) is 18.3. The summed E-state index contributed by atoms with van der Waals surface area (Å²) < 4.78 is 6.48. The molecule has 1 rings (SSSR count). The SMILES string of the molecule is CC[Si](CC)(CC)O[C@@H](CC=O)/C(C)=C/c1csc(C)n1. The van der Waals surface area contributed by atoms with E-state index in [1.165, 1.54) is 0 Å². The van der Waals surface area contributed by atoms with E-state index in [0.29, 0.717) is 6.42 Å². The molecule has 21 heavy (non-hydrogen) atoms. The van der Waals surface area contributed by atoms with Gasteiger partial charge in [-0.15, -0.1) is 11.3 Å². The van der Waals surface area contributed by atoms with Crippen LogP contribution in [-0.2, 0) is 9.22 Å². The predicted molar refractivity (Wildman–Crippen MR) is 93.3 cm³/mol. The van der Waals surface area contributed by atoms with E-state index in [2.05, 4.69) is 31.8 Å². The average Bonchev–Trinajstić information content (AvgIpc) is 2.89. The Labute approximate surface area is 133 Å². The molecule has 0 fully saturated rings. The molecule has 0 aliphatic carbocycles. The van der Waals surface area contributed by atoms with Gasteiger partial charge in [0.25, 0.3) is 0 Å². The van der Waals surface area contributed by atoms with E-state index >= 15 is 0 Å². The zero-order valence-electron chi connectivity index (χ0n) is 13.8. The third kappa shape index (κ3) is 5.16. The summed E-state index contributed by atoms with van der Waals surface area (Å²) in [7, 11) is -1.71. The molecule has 3 nitrogen and oxygen atoms in total. The van der Waals surface area contributed by atoms with Crippen molar-refractivity contribution in [3.05, 3.63) is 21.7 Å². The Kier molecular flexibility index (Phi) is 7.49. The summed E-state index contributed by atoms with van der Waals surface area (Å²) in [6, 6.07) is 3.29. The van der Waals surface area contributed by atoms with Crippen molar-refractivity contribution in [1.82, 2.24) is 4.98 Å². The maximum atomic E-state index is 11.0. The first-order chi connectivity index (χ1) is 10.00. The average molecular weight is 326 g/mol. The molecule has 0 radical (unpaired) electrons. The van der Waals surface area contributed by atoms with Gasteiger partial charge in [0.2, 0.25) is 0 Å². The maximum absolute atomic E-state index is 11.0. The molecule has 1 aromatic heterocycles. The van der Waals surface area contributed by atoms with Crippen LogP contribution in [0.2, 0.25) is 18.1 Å². The number of aldehydes is 1. The van der Waals surface area contributed by atoms with Gasteiger partial charge in [-0.1, -0.05) is 20.8 Å². The molecule has 5 heteroatoms. The fraction of sp³-hybridized carbons (Fsp3) is 0.625. The van der Waals surface area contributed by atoms with E-state index in [-0.39, 0.29) is 6.10 Å². The number of aryl methyl sites for hydroxylation is 1. The summed E-state index contributed by atoms with van der Waals surface area (Å²) in [4.78, 5) is 15.5. The molecular weight excluding hydrogens is 298 g/mol. The van der Waals surface area contributed by atoms with Crippen LogP contribution in [0.1, 0.15) is 44.8 Å². The lowest BCUT2D eigenvalue weighted by molar-refractivity contribution is -0.109. The summed E-state index contributed by atoms with van der Waals surface area (Å²) in [5.74, 6) is 0. The first-order valence-corrected chi connectivity index (χ1v) is 11.1. The minimum Gasteiger partial charge on any atom is -0.410 e. The maximum Gasteiger partial charge on any atom is 0.192 e. The van der Waals surface area contributed by atoms with Crippen molar-refractivity contribution in [3.8, 4) is 0 Å². The summed E-state index contributed by atoms with van der Waals surface area (Å²) in [6.07, 6.45) is 3.35. The fourth-order valence-corrected chi connectivity index (χ4v) is 5.94. The van der Waals surface area contributed by atoms with Crippen molar-refractivity contribution in [2.75, 3.05) is 0 Å². The molecule has 0 saturated carbocycles. The Balaban J connectivity index is 2.94. The standard InChI is InChI=1S/C16H27NO2SSi/c1-6-21(7-2,8-3)19-16(9-10-18)13(4)11-15-12-20-14(5)17-15/h10-12,16H,6-9H2,1-5H3/b13-11+/t16-/m0/s1. The van der Waals surface area contributed by atoms with Crippen LogP contribution in [0.25, 0.3) is 6.08 Å². The lowest BCUT2D eigenvalue weighted by Crippen LogP contribution is -2.40. The van der Waals surface area contributed by atoms with Gasteiger partial charge in [-0.2, -0.15) is 0 Å². The number of aromatic nitrogens is 1. The Hall–Kier alpha value is -0.783. The Morgan fingerprint density at radius 1 is 1.38 bits per heavy atom. The number of thiazole rings is 1. The van der Waals surface area contributed by atoms with Gasteiger partial charge in [0.1, 0.15) is 6.29 Å². The molecule has 0 bridgehead atoms. The van der Waals surface area contributed by atoms with E-state index in [0.717, 1.165) is 40.7 Å². The quantitative estimate of drug-likeness (QED) is 0.482. The largest absolute Gasteiger partial charge is 0.410 e. The number of nitrogens with zero attached hydrogens (tertiary/aromatic N) is 1. The topological polar surface area (TPSA) is 39.2 Å². The molecule has 0 unspecified atom stereocenters. The molecule has 0 aliphatic heterocycles. The highest BCUT2D eigenvalue weighted by Gasteiger charge is 2.32. The van der Waals surface area contributed by atoms with Crippen LogP contribution in [0, 0.1) is 6.92 Å². The smallest absolute Gasteiger partial charge is 0.192 e. The highest BCUT2D eigenvalue weighted by atomic mass is 32.1. The molecule has 118 valence electrons. The Morgan fingerprint density at radius 2 is 2.00 bits per heavy atom. The highest BCUT2D eigenvalue weighted by Crippen LogP contribution is 2.27. The molecule has 0 N–H and O–H groups in total. The van der Waals surface area contributed by atoms with Crippen molar-refractivity contribution < 1.29 is 9.22 Å². The Morgan fingerprint density at radius 3 is 2.43 bits per heavy atom. The van der Waals surface area contributed by atoms with Gasteiger partial charge in [0, 0.05) is 11.8 Å². The number of hydrogen-bond donors (Lipinski definition) is 0. The van der Waals surface area contributed by atoms with Crippen molar-refractivity contribution >= 4 is 32.0 Å². The van der Waals surface area contributed by atoms with Gasteiger partial charge in [0.05, 0.1) is 16.8 Å². The van der Waals surface area contributed by atoms with Gasteiger partial charge >= 0.3 is 0 Å². The lowest BCUT2D eigenvalue weighted by atomic mass is 10.1. The fourth-order valence-electron chi connectivity index (χ4n) is 2.49. The summed E-state index contributed by atoms with van der Waals surface area (Å²) >= 11 is 1.64. The van der Waals surface area contributed by atoms with E-state index in [9.17, 15) is 4.79 Å². The summed E-state index contributed by atoms with van der Waals surface area (Å²) in [5, 5.41) is 3.10. The zero-order valence-corrected chi connectivity index (χ0v) is 15.6. The minimum atomic E-state index is -1.71. The summed E-state index contributed by atoms with van der Waals surface area (Å²) in [5.41, 5.74) is 2.06. The summed E-state index contributed by atoms with van der Waals surface area (Å²) in [6.45, 7) is 10.7. The normalized spacial score (nSPS) is 14.2. The van der Waals surface area contributed by atoms with Crippen molar-refractivity contribution in [2.45, 2.75) is 65.3 Å². The van der Waals surface area contributed by atoms with Gasteiger partial charge in [-0.3, -0.25) is 0 Å². The second-order valence-corrected chi connectivity index (χ2v) is 11.2. The molecule has 0 aromatic carbocycles. The van der Waals surface area contributed by atoms with Crippen molar-refractivity contribution in [3.63, 3.8) is 0 Å². The predicted octanol–water partition coefficient (Wildman–Crippen LogP) is 4.83. The molecule has 0 amide bonds.